The molecule has 0 aliphatic rings. The van der Waals surface area contributed by atoms with Gasteiger partial charge >= 0.3 is 5.97 Å². The lowest BCUT2D eigenvalue weighted by Gasteiger charge is -2.14. The zero-order valence-electron chi connectivity index (χ0n) is 12.2. The van der Waals surface area contributed by atoms with Gasteiger partial charge in [-0.1, -0.05) is 39.3 Å². The van der Waals surface area contributed by atoms with Crippen LogP contribution in [0.15, 0.2) is 65.6 Å². The van der Waals surface area contributed by atoms with Crippen molar-refractivity contribution in [2.45, 2.75) is 4.90 Å². The average Bonchev–Trinajstić information content (AvgIpc) is 2.60. The summed E-state index contributed by atoms with van der Waals surface area (Å²) < 4.78 is 43.1. The molecule has 7 heteroatoms. The van der Waals surface area contributed by atoms with Crippen LogP contribution in [0.25, 0.3) is 6.08 Å². The third kappa shape index (κ3) is 3.95. The van der Waals surface area contributed by atoms with Gasteiger partial charge in [-0.15, -0.1) is 0 Å². The van der Waals surface area contributed by atoms with Gasteiger partial charge in [0.05, 0.1) is 17.7 Å². The fourth-order valence-corrected chi connectivity index (χ4v) is 2.91. The fourth-order valence-electron chi connectivity index (χ4n) is 1.79. The molecule has 2 aromatic carbocycles. The van der Waals surface area contributed by atoms with Crippen molar-refractivity contribution in [3.63, 3.8) is 0 Å². The number of carbonyl (C=O) groups is 1. The average molecular weight is 335 g/mol. The molecule has 0 heterocycles. The largest absolute Gasteiger partial charge is 0.466 e. The van der Waals surface area contributed by atoms with E-state index in [0.29, 0.717) is 5.56 Å². The highest BCUT2D eigenvalue weighted by atomic mass is 32.2. The van der Waals surface area contributed by atoms with E-state index in [9.17, 15) is 17.7 Å². The number of rotatable bonds is 5. The Morgan fingerprint density at radius 1 is 1.13 bits per heavy atom. The van der Waals surface area contributed by atoms with E-state index < -0.39 is 16.0 Å². The SMILES string of the molecule is COC(=O)C=Cc1cccc(S(=O)(=O)N(F)c2ccccc2)c1. The minimum absolute atomic E-state index is 0.0944. The molecule has 0 atom stereocenters. The van der Waals surface area contributed by atoms with Crippen LogP contribution in [0.4, 0.5) is 10.2 Å². The molecular weight excluding hydrogens is 321 g/mol. The molecular formula is C16H14FNO4S. The third-order valence-corrected chi connectivity index (χ3v) is 4.42. The van der Waals surface area contributed by atoms with E-state index in [1.165, 1.54) is 55.7 Å². The van der Waals surface area contributed by atoms with Crippen molar-refractivity contribution in [2.24, 2.45) is 0 Å². The number of benzene rings is 2. The maximum absolute atomic E-state index is 14.3. The normalized spacial score (nSPS) is 11.4. The molecule has 23 heavy (non-hydrogen) atoms. The van der Waals surface area contributed by atoms with Gasteiger partial charge < -0.3 is 4.74 Å². The van der Waals surface area contributed by atoms with E-state index in [0.717, 1.165) is 6.08 Å². The topological polar surface area (TPSA) is 63.7 Å². The summed E-state index contributed by atoms with van der Waals surface area (Å²) in [6, 6.07) is 13.0. The highest BCUT2D eigenvalue weighted by Gasteiger charge is 2.25. The van der Waals surface area contributed by atoms with Crippen molar-refractivity contribution < 1.29 is 22.4 Å². The molecule has 0 unspecified atom stereocenters. The Bertz CT molecular complexity index is 819. The number of halogens is 1. The number of anilines is 1. The smallest absolute Gasteiger partial charge is 0.330 e. The van der Waals surface area contributed by atoms with E-state index in [2.05, 4.69) is 4.74 Å². The Labute approximate surface area is 133 Å². The van der Waals surface area contributed by atoms with Gasteiger partial charge in [-0.2, -0.15) is 8.42 Å². The molecule has 0 radical (unpaired) electrons. The second-order valence-corrected chi connectivity index (χ2v) is 6.23. The summed E-state index contributed by atoms with van der Waals surface area (Å²) in [7, 11) is -3.11. The number of para-hydroxylation sites is 1. The molecule has 0 saturated carbocycles. The Morgan fingerprint density at radius 3 is 2.48 bits per heavy atom. The second-order valence-electron chi connectivity index (χ2n) is 4.48. The van der Waals surface area contributed by atoms with E-state index in [-0.39, 0.29) is 15.1 Å². The maximum Gasteiger partial charge on any atom is 0.330 e. The molecule has 5 nitrogen and oxygen atoms in total. The van der Waals surface area contributed by atoms with E-state index >= 15 is 0 Å². The van der Waals surface area contributed by atoms with Gasteiger partial charge in [0.25, 0.3) is 10.0 Å². The van der Waals surface area contributed by atoms with Crippen LogP contribution < -0.4 is 4.53 Å². The molecule has 2 aromatic rings. The molecule has 0 saturated heterocycles. The van der Waals surface area contributed by atoms with Crippen molar-refractivity contribution in [1.82, 2.24) is 0 Å². The minimum Gasteiger partial charge on any atom is -0.466 e. The number of sulfonamides is 1. The number of methoxy groups -OCH3 is 1. The molecule has 2 rings (SSSR count). The predicted octanol–water partition coefficient (Wildman–Crippen LogP) is 2.95. The number of carbonyl (C=O) groups excluding carboxylic acids is 1. The summed E-state index contributed by atoms with van der Waals surface area (Å²) in [5.74, 6) is -0.574. The van der Waals surface area contributed by atoms with Gasteiger partial charge in [-0.25, -0.2) is 4.79 Å². The van der Waals surface area contributed by atoms with Crippen LogP contribution in [-0.4, -0.2) is 21.5 Å². The van der Waals surface area contributed by atoms with Crippen molar-refractivity contribution >= 4 is 27.8 Å². The number of hydrogen-bond acceptors (Lipinski definition) is 4. The molecule has 0 aliphatic heterocycles. The van der Waals surface area contributed by atoms with Crippen LogP contribution in [-0.2, 0) is 19.6 Å². The van der Waals surface area contributed by atoms with Crippen LogP contribution in [0, 0.1) is 0 Å². The summed E-state index contributed by atoms with van der Waals surface area (Å²) in [6.07, 6.45) is 2.53. The highest BCUT2D eigenvalue weighted by Crippen LogP contribution is 2.24. The van der Waals surface area contributed by atoms with Crippen molar-refractivity contribution in [3.05, 3.63) is 66.2 Å². The summed E-state index contributed by atoms with van der Waals surface area (Å²) in [5, 5.41) is 0. The van der Waals surface area contributed by atoms with Gasteiger partial charge in [0, 0.05) is 6.08 Å². The third-order valence-electron chi connectivity index (χ3n) is 2.94. The van der Waals surface area contributed by atoms with E-state index in [1.54, 1.807) is 12.1 Å². The summed E-state index contributed by atoms with van der Waals surface area (Å²) in [5.41, 5.74) is 0.334. The zero-order valence-corrected chi connectivity index (χ0v) is 13.0. The monoisotopic (exact) mass is 335 g/mol. The number of hydrogen-bond donors (Lipinski definition) is 0. The maximum atomic E-state index is 14.3. The Hall–Kier alpha value is -2.67. The van der Waals surface area contributed by atoms with Crippen LogP contribution in [0.1, 0.15) is 5.56 Å². The zero-order chi connectivity index (χ0) is 16.9. The van der Waals surface area contributed by atoms with E-state index in [4.69, 9.17) is 0 Å². The first-order valence-electron chi connectivity index (χ1n) is 6.57. The summed E-state index contributed by atoms with van der Waals surface area (Å²) in [4.78, 5) is 10.8. The van der Waals surface area contributed by atoms with Gasteiger partial charge in [0.15, 0.2) is 0 Å². The van der Waals surface area contributed by atoms with Gasteiger partial charge in [-0.3, -0.25) is 0 Å². The molecule has 120 valence electrons. The fraction of sp³-hybridized carbons (Fsp3) is 0.0625. The molecule has 0 spiro atoms. The number of nitrogens with zero attached hydrogens (tertiary/aromatic N) is 1. The Kier molecular flexibility index (Phi) is 5.13. The van der Waals surface area contributed by atoms with Gasteiger partial charge in [0.2, 0.25) is 0 Å². The molecule has 0 aliphatic carbocycles. The molecule has 0 fully saturated rings. The Balaban J connectivity index is 2.34. The number of ether oxygens (including phenoxy) is 1. The first-order valence-corrected chi connectivity index (χ1v) is 8.01. The predicted molar refractivity (Wildman–Crippen MR) is 84.7 cm³/mol. The summed E-state index contributed by atoms with van der Waals surface area (Å²) >= 11 is 0. The van der Waals surface area contributed by atoms with E-state index in [1.807, 2.05) is 0 Å². The highest BCUT2D eigenvalue weighted by molar-refractivity contribution is 7.92. The lowest BCUT2D eigenvalue weighted by atomic mass is 10.2. The van der Waals surface area contributed by atoms with Gasteiger partial charge in [0.1, 0.15) is 0 Å². The molecule has 0 N–H and O–H groups in total. The molecule has 0 amide bonds. The lowest BCUT2D eigenvalue weighted by Crippen LogP contribution is -2.22. The van der Waals surface area contributed by atoms with Crippen LogP contribution in [0.5, 0.6) is 0 Å². The van der Waals surface area contributed by atoms with Crippen molar-refractivity contribution in [3.8, 4) is 0 Å². The van der Waals surface area contributed by atoms with Gasteiger partial charge in [-0.05, 0) is 35.9 Å². The Morgan fingerprint density at radius 2 is 1.83 bits per heavy atom. The summed E-state index contributed by atoms with van der Waals surface area (Å²) in [6.45, 7) is 0. The molecule has 0 bridgehead atoms. The van der Waals surface area contributed by atoms with Crippen LogP contribution in [0.3, 0.4) is 0 Å². The van der Waals surface area contributed by atoms with Crippen LogP contribution >= 0.6 is 0 Å². The standard InChI is InChI=1S/C16H14FNO4S/c1-22-16(19)11-10-13-6-5-9-15(12-13)23(20,21)18(17)14-7-3-2-4-8-14/h2-12H,1H3. The number of esters is 1. The first-order chi connectivity index (χ1) is 10.9. The first kappa shape index (κ1) is 16.7. The van der Waals surface area contributed by atoms with Crippen molar-refractivity contribution in [1.29, 1.82) is 0 Å². The second kappa shape index (κ2) is 7.06. The quantitative estimate of drug-likeness (QED) is 0.479. The van der Waals surface area contributed by atoms with Crippen molar-refractivity contribution in [2.75, 3.05) is 11.6 Å². The minimum atomic E-state index is -4.34. The molecule has 0 aromatic heterocycles. The van der Waals surface area contributed by atoms with Crippen LogP contribution in [0.2, 0.25) is 0 Å². The lowest BCUT2D eigenvalue weighted by molar-refractivity contribution is -0.134.